The van der Waals surface area contributed by atoms with Crippen molar-refractivity contribution in [1.29, 1.82) is 0 Å². The SMILES string of the molecule is CC(=O)C(C)N1CCCC(N)C1. The molecule has 0 aliphatic carbocycles. The zero-order valence-electron chi connectivity index (χ0n) is 7.92. The van der Waals surface area contributed by atoms with Gasteiger partial charge in [0.25, 0.3) is 0 Å². The third-order valence-corrected chi connectivity index (χ3v) is 2.63. The van der Waals surface area contributed by atoms with E-state index in [1.807, 2.05) is 6.92 Å². The van der Waals surface area contributed by atoms with Gasteiger partial charge in [-0.05, 0) is 33.2 Å². The summed E-state index contributed by atoms with van der Waals surface area (Å²) >= 11 is 0. The first-order valence-electron chi connectivity index (χ1n) is 4.61. The Morgan fingerprint density at radius 3 is 2.83 bits per heavy atom. The Labute approximate surface area is 73.9 Å². The summed E-state index contributed by atoms with van der Waals surface area (Å²) in [6.45, 7) is 5.50. The average Bonchev–Trinajstić information content (AvgIpc) is 2.03. The maximum atomic E-state index is 11.1. The van der Waals surface area contributed by atoms with Crippen LogP contribution in [-0.4, -0.2) is 35.9 Å². The summed E-state index contributed by atoms with van der Waals surface area (Å²) in [7, 11) is 0. The standard InChI is InChI=1S/C9H18N2O/c1-7(8(2)12)11-5-3-4-9(10)6-11/h7,9H,3-6,10H2,1-2H3. The molecular formula is C9H18N2O. The summed E-state index contributed by atoms with van der Waals surface area (Å²) in [5, 5.41) is 0. The second-order valence-corrected chi connectivity index (χ2v) is 3.68. The molecule has 0 radical (unpaired) electrons. The summed E-state index contributed by atoms with van der Waals surface area (Å²) in [6.07, 6.45) is 2.22. The molecular weight excluding hydrogens is 152 g/mol. The maximum absolute atomic E-state index is 11.1. The molecule has 70 valence electrons. The van der Waals surface area contributed by atoms with Crippen molar-refractivity contribution in [3.8, 4) is 0 Å². The van der Waals surface area contributed by atoms with Crippen molar-refractivity contribution in [2.75, 3.05) is 13.1 Å². The number of likely N-dealkylation sites (tertiary alicyclic amines) is 1. The quantitative estimate of drug-likeness (QED) is 0.652. The molecule has 0 amide bonds. The maximum Gasteiger partial charge on any atom is 0.146 e. The molecule has 2 atom stereocenters. The fraction of sp³-hybridized carbons (Fsp3) is 0.889. The van der Waals surface area contributed by atoms with Gasteiger partial charge in [0.1, 0.15) is 5.78 Å². The van der Waals surface area contributed by atoms with Gasteiger partial charge in [-0.15, -0.1) is 0 Å². The zero-order valence-corrected chi connectivity index (χ0v) is 7.92. The molecule has 0 aromatic heterocycles. The largest absolute Gasteiger partial charge is 0.327 e. The summed E-state index contributed by atoms with van der Waals surface area (Å²) in [5.74, 6) is 0.240. The number of rotatable bonds is 2. The summed E-state index contributed by atoms with van der Waals surface area (Å²) in [5.41, 5.74) is 5.81. The number of piperidine rings is 1. The Balaban J connectivity index is 2.45. The molecule has 2 unspecified atom stereocenters. The van der Waals surface area contributed by atoms with Crippen molar-refractivity contribution < 1.29 is 4.79 Å². The fourth-order valence-electron chi connectivity index (χ4n) is 1.65. The number of Topliss-reactive ketones (excluding diaryl/α,β-unsaturated/α-hetero) is 1. The fourth-order valence-corrected chi connectivity index (χ4v) is 1.65. The lowest BCUT2D eigenvalue weighted by molar-refractivity contribution is -0.122. The van der Waals surface area contributed by atoms with Gasteiger partial charge in [0.2, 0.25) is 0 Å². The number of ketones is 1. The van der Waals surface area contributed by atoms with Crippen molar-refractivity contribution in [2.45, 2.75) is 38.8 Å². The van der Waals surface area contributed by atoms with Gasteiger partial charge in [-0.1, -0.05) is 0 Å². The molecule has 0 spiro atoms. The smallest absolute Gasteiger partial charge is 0.146 e. The van der Waals surface area contributed by atoms with E-state index >= 15 is 0 Å². The number of hydrogen-bond acceptors (Lipinski definition) is 3. The van der Waals surface area contributed by atoms with E-state index in [0.717, 1.165) is 25.9 Å². The molecule has 0 aromatic carbocycles. The van der Waals surface area contributed by atoms with Crippen LogP contribution in [0.4, 0.5) is 0 Å². The van der Waals surface area contributed by atoms with Crippen molar-refractivity contribution in [2.24, 2.45) is 5.73 Å². The molecule has 3 nitrogen and oxygen atoms in total. The molecule has 1 rings (SSSR count). The minimum Gasteiger partial charge on any atom is -0.327 e. The monoisotopic (exact) mass is 170 g/mol. The highest BCUT2D eigenvalue weighted by Crippen LogP contribution is 2.11. The number of hydrogen-bond donors (Lipinski definition) is 1. The Morgan fingerprint density at radius 2 is 2.33 bits per heavy atom. The van der Waals surface area contributed by atoms with E-state index in [1.54, 1.807) is 6.92 Å². The highest BCUT2D eigenvalue weighted by Gasteiger charge is 2.23. The molecule has 1 heterocycles. The van der Waals surface area contributed by atoms with E-state index in [4.69, 9.17) is 5.73 Å². The van der Waals surface area contributed by atoms with Crippen molar-refractivity contribution >= 4 is 5.78 Å². The molecule has 3 heteroatoms. The minimum atomic E-state index is 0.0522. The van der Waals surface area contributed by atoms with Crippen molar-refractivity contribution in [3.63, 3.8) is 0 Å². The lowest BCUT2D eigenvalue weighted by Crippen LogP contribution is -2.48. The van der Waals surface area contributed by atoms with E-state index in [2.05, 4.69) is 4.90 Å². The molecule has 0 bridgehead atoms. The Hall–Kier alpha value is -0.410. The lowest BCUT2D eigenvalue weighted by atomic mass is 10.0. The highest BCUT2D eigenvalue weighted by molar-refractivity contribution is 5.80. The summed E-state index contributed by atoms with van der Waals surface area (Å²) < 4.78 is 0. The molecule has 12 heavy (non-hydrogen) atoms. The first kappa shape index (κ1) is 9.68. The molecule has 0 saturated carbocycles. The van der Waals surface area contributed by atoms with Crippen LogP contribution in [0, 0.1) is 0 Å². The van der Waals surface area contributed by atoms with Crippen LogP contribution >= 0.6 is 0 Å². The van der Waals surface area contributed by atoms with Gasteiger partial charge >= 0.3 is 0 Å². The number of nitrogens with two attached hydrogens (primary N) is 1. The van der Waals surface area contributed by atoms with Crippen molar-refractivity contribution in [1.82, 2.24) is 4.90 Å². The van der Waals surface area contributed by atoms with Gasteiger partial charge in [-0.2, -0.15) is 0 Å². The van der Waals surface area contributed by atoms with Crippen LogP contribution in [0.2, 0.25) is 0 Å². The van der Waals surface area contributed by atoms with Crippen LogP contribution in [-0.2, 0) is 4.79 Å². The summed E-state index contributed by atoms with van der Waals surface area (Å²) in [4.78, 5) is 13.2. The number of nitrogens with zero attached hydrogens (tertiary/aromatic N) is 1. The second kappa shape index (κ2) is 4.01. The third-order valence-electron chi connectivity index (χ3n) is 2.63. The highest BCUT2D eigenvalue weighted by atomic mass is 16.1. The van der Waals surface area contributed by atoms with Gasteiger partial charge < -0.3 is 5.73 Å². The average molecular weight is 170 g/mol. The lowest BCUT2D eigenvalue weighted by Gasteiger charge is -2.34. The van der Waals surface area contributed by atoms with Gasteiger partial charge in [0.15, 0.2) is 0 Å². The molecule has 1 aliphatic rings. The van der Waals surface area contributed by atoms with Crippen LogP contribution in [0.25, 0.3) is 0 Å². The number of carbonyl (C=O) groups is 1. The Morgan fingerprint density at radius 1 is 1.67 bits per heavy atom. The van der Waals surface area contributed by atoms with E-state index in [-0.39, 0.29) is 17.9 Å². The topological polar surface area (TPSA) is 46.3 Å². The predicted molar refractivity (Wildman–Crippen MR) is 48.9 cm³/mol. The molecule has 1 aliphatic heterocycles. The normalized spacial score (nSPS) is 28.4. The van der Waals surface area contributed by atoms with Gasteiger partial charge in [0, 0.05) is 12.6 Å². The van der Waals surface area contributed by atoms with Crippen LogP contribution in [0.1, 0.15) is 26.7 Å². The van der Waals surface area contributed by atoms with E-state index in [9.17, 15) is 4.79 Å². The molecule has 1 saturated heterocycles. The summed E-state index contributed by atoms with van der Waals surface area (Å²) in [6, 6.07) is 0.317. The third kappa shape index (κ3) is 2.29. The predicted octanol–water partition coefficient (Wildman–Crippen LogP) is 0.387. The van der Waals surface area contributed by atoms with Crippen molar-refractivity contribution in [3.05, 3.63) is 0 Å². The van der Waals surface area contributed by atoms with Crippen LogP contribution in [0.15, 0.2) is 0 Å². The van der Waals surface area contributed by atoms with E-state index < -0.39 is 0 Å². The van der Waals surface area contributed by atoms with E-state index in [0.29, 0.717) is 0 Å². The molecule has 2 N–H and O–H groups in total. The Bertz CT molecular complexity index is 170. The minimum absolute atomic E-state index is 0.0522. The molecule has 0 aromatic rings. The van der Waals surface area contributed by atoms with Gasteiger partial charge in [-0.3, -0.25) is 9.69 Å². The van der Waals surface area contributed by atoms with Gasteiger partial charge in [-0.25, -0.2) is 0 Å². The molecule has 1 fully saturated rings. The number of carbonyl (C=O) groups excluding carboxylic acids is 1. The van der Waals surface area contributed by atoms with Crippen LogP contribution in [0.3, 0.4) is 0 Å². The van der Waals surface area contributed by atoms with Crippen LogP contribution in [0.5, 0.6) is 0 Å². The Kier molecular flexibility index (Phi) is 3.23. The second-order valence-electron chi connectivity index (χ2n) is 3.68. The first-order valence-corrected chi connectivity index (χ1v) is 4.61. The first-order chi connectivity index (χ1) is 5.61. The van der Waals surface area contributed by atoms with E-state index in [1.165, 1.54) is 0 Å². The zero-order chi connectivity index (χ0) is 9.14. The van der Waals surface area contributed by atoms with Gasteiger partial charge in [0.05, 0.1) is 6.04 Å². The van der Waals surface area contributed by atoms with Crippen LogP contribution < -0.4 is 5.73 Å².